The highest BCUT2D eigenvalue weighted by molar-refractivity contribution is 7.98. The van der Waals surface area contributed by atoms with Crippen LogP contribution in [-0.2, 0) is 25.6 Å². The van der Waals surface area contributed by atoms with Crippen LogP contribution < -0.4 is 22.1 Å². The largest absolute Gasteiger partial charge is 0.480 e. The van der Waals surface area contributed by atoms with Crippen LogP contribution in [-0.4, -0.2) is 83.0 Å². The summed E-state index contributed by atoms with van der Waals surface area (Å²) in [5, 5.41) is 15.0. The molecule has 0 aromatic heterocycles. The summed E-state index contributed by atoms with van der Waals surface area (Å²) >= 11 is 1.53. The van der Waals surface area contributed by atoms with Crippen molar-refractivity contribution >= 4 is 35.5 Å². The first-order chi connectivity index (χ1) is 17.3. The Balaban J connectivity index is 2.10. The maximum Gasteiger partial charge on any atom is 0.326 e. The number of rotatable bonds is 15. The van der Waals surface area contributed by atoms with E-state index in [0.29, 0.717) is 63.8 Å². The quantitative estimate of drug-likeness (QED) is 0.208. The number of unbranched alkanes of at least 4 members (excludes halogenated alkanes) is 1. The molecule has 36 heavy (non-hydrogen) atoms. The zero-order valence-electron chi connectivity index (χ0n) is 20.9. The molecule has 1 saturated heterocycles. The lowest BCUT2D eigenvalue weighted by Crippen LogP contribution is -2.57. The van der Waals surface area contributed by atoms with E-state index < -0.39 is 47.9 Å². The van der Waals surface area contributed by atoms with E-state index in [1.54, 1.807) is 0 Å². The van der Waals surface area contributed by atoms with E-state index >= 15 is 0 Å². The third-order valence-corrected chi connectivity index (χ3v) is 6.91. The minimum Gasteiger partial charge on any atom is -0.480 e. The minimum absolute atomic E-state index is 0.329. The number of carboxylic acids is 1. The fraction of sp³-hybridized carbons (Fsp3) is 0.600. The number of aliphatic carboxylic acids is 1. The average molecular weight is 522 g/mol. The van der Waals surface area contributed by atoms with E-state index in [4.69, 9.17) is 11.5 Å². The molecule has 1 heterocycles. The summed E-state index contributed by atoms with van der Waals surface area (Å²) in [5.74, 6) is -1.78. The van der Waals surface area contributed by atoms with Gasteiger partial charge in [0.15, 0.2) is 0 Å². The van der Waals surface area contributed by atoms with Gasteiger partial charge in [-0.05, 0) is 69.1 Å². The molecule has 1 aromatic rings. The number of amides is 3. The maximum absolute atomic E-state index is 13.3. The van der Waals surface area contributed by atoms with Crippen LogP contribution in [0.25, 0.3) is 0 Å². The van der Waals surface area contributed by atoms with Crippen LogP contribution in [0.3, 0.4) is 0 Å². The number of thioether (sulfide) groups is 1. The molecule has 1 fully saturated rings. The van der Waals surface area contributed by atoms with Gasteiger partial charge in [0, 0.05) is 6.54 Å². The second-order valence-corrected chi connectivity index (χ2v) is 10.00. The molecule has 4 unspecified atom stereocenters. The zero-order chi connectivity index (χ0) is 26.5. The first-order valence-corrected chi connectivity index (χ1v) is 13.8. The Morgan fingerprint density at radius 2 is 1.78 bits per heavy atom. The van der Waals surface area contributed by atoms with Crippen molar-refractivity contribution in [1.29, 1.82) is 0 Å². The number of nitrogens with two attached hydrogens (primary N) is 2. The van der Waals surface area contributed by atoms with Crippen LogP contribution in [0.5, 0.6) is 0 Å². The number of carbonyl (C=O) groups excluding carboxylic acids is 3. The Morgan fingerprint density at radius 3 is 2.42 bits per heavy atom. The lowest BCUT2D eigenvalue weighted by Gasteiger charge is -2.29. The molecule has 0 saturated carbocycles. The summed E-state index contributed by atoms with van der Waals surface area (Å²) in [6.07, 6.45) is 5.18. The van der Waals surface area contributed by atoms with Gasteiger partial charge in [-0.3, -0.25) is 14.4 Å². The molecule has 0 radical (unpaired) electrons. The van der Waals surface area contributed by atoms with Crippen LogP contribution in [0, 0.1) is 0 Å². The third kappa shape index (κ3) is 9.11. The second kappa shape index (κ2) is 15.5. The molecule has 3 amide bonds. The Morgan fingerprint density at radius 1 is 1.08 bits per heavy atom. The van der Waals surface area contributed by atoms with Crippen LogP contribution >= 0.6 is 11.8 Å². The normalized spacial score (nSPS) is 17.8. The first kappa shape index (κ1) is 29.6. The molecule has 2 rings (SSSR count). The van der Waals surface area contributed by atoms with E-state index in [9.17, 15) is 24.3 Å². The van der Waals surface area contributed by atoms with E-state index in [1.807, 2.05) is 36.6 Å². The first-order valence-electron chi connectivity index (χ1n) is 12.4. The summed E-state index contributed by atoms with van der Waals surface area (Å²) in [5.41, 5.74) is 12.6. The summed E-state index contributed by atoms with van der Waals surface area (Å²) in [4.78, 5) is 52.3. The van der Waals surface area contributed by atoms with Gasteiger partial charge in [0.1, 0.15) is 18.1 Å². The number of nitrogens with zero attached hydrogens (tertiary/aromatic N) is 1. The number of benzene rings is 1. The predicted molar refractivity (Wildman–Crippen MR) is 140 cm³/mol. The molecule has 10 nitrogen and oxygen atoms in total. The molecule has 1 aliphatic heterocycles. The Bertz CT molecular complexity index is 872. The summed E-state index contributed by atoms with van der Waals surface area (Å²) in [6.45, 7) is 0.780. The number of carboxylic acid groups (broad SMARTS) is 1. The lowest BCUT2D eigenvalue weighted by molar-refractivity contribution is -0.149. The van der Waals surface area contributed by atoms with E-state index in [2.05, 4.69) is 10.6 Å². The van der Waals surface area contributed by atoms with Crippen molar-refractivity contribution in [3.63, 3.8) is 0 Å². The van der Waals surface area contributed by atoms with Crippen LogP contribution in [0.15, 0.2) is 30.3 Å². The third-order valence-electron chi connectivity index (χ3n) is 6.26. The van der Waals surface area contributed by atoms with Gasteiger partial charge in [-0.25, -0.2) is 4.79 Å². The smallest absolute Gasteiger partial charge is 0.326 e. The average Bonchev–Trinajstić information content (AvgIpc) is 3.36. The van der Waals surface area contributed by atoms with Crippen molar-refractivity contribution in [2.24, 2.45) is 11.5 Å². The second-order valence-electron chi connectivity index (χ2n) is 9.01. The molecule has 1 aliphatic rings. The van der Waals surface area contributed by atoms with Gasteiger partial charge in [0.05, 0.1) is 6.04 Å². The van der Waals surface area contributed by atoms with E-state index in [1.165, 1.54) is 16.7 Å². The van der Waals surface area contributed by atoms with E-state index in [0.717, 1.165) is 5.56 Å². The predicted octanol–water partition coefficient (Wildman–Crippen LogP) is 0.484. The highest BCUT2D eigenvalue weighted by atomic mass is 32.2. The zero-order valence-corrected chi connectivity index (χ0v) is 21.7. The van der Waals surface area contributed by atoms with Gasteiger partial charge in [0.25, 0.3) is 0 Å². The standard InChI is InChI=1S/C25H39N5O5S/c1-36-15-12-19(28-22(31)18(27)16-17-8-3-2-4-9-17)23(32)29-20(10-5-6-13-26)24(33)30-14-7-11-21(30)25(34)35/h2-4,8-9,18-21H,5-7,10-16,26-27H2,1H3,(H,28,31)(H,29,32)(H,34,35). The van der Waals surface area contributed by atoms with Crippen molar-refractivity contribution in [2.45, 2.75) is 69.1 Å². The lowest BCUT2D eigenvalue weighted by atomic mass is 10.0. The Labute approximate surface area is 216 Å². The van der Waals surface area contributed by atoms with Gasteiger partial charge in [-0.2, -0.15) is 11.8 Å². The molecular formula is C25H39N5O5S. The number of likely N-dealkylation sites (tertiary alicyclic amines) is 1. The molecular weight excluding hydrogens is 482 g/mol. The molecule has 0 spiro atoms. The number of hydrogen-bond donors (Lipinski definition) is 5. The van der Waals surface area contributed by atoms with Crippen molar-refractivity contribution < 1.29 is 24.3 Å². The van der Waals surface area contributed by atoms with Gasteiger partial charge in [0.2, 0.25) is 17.7 Å². The summed E-state index contributed by atoms with van der Waals surface area (Å²) in [6, 6.07) is 5.88. The highest BCUT2D eigenvalue weighted by Gasteiger charge is 2.38. The fourth-order valence-electron chi connectivity index (χ4n) is 4.25. The SMILES string of the molecule is CSCCC(NC(=O)C(N)Cc1ccccc1)C(=O)NC(CCCCN)C(=O)N1CCCC1C(=O)O. The highest BCUT2D eigenvalue weighted by Crippen LogP contribution is 2.20. The maximum atomic E-state index is 13.3. The molecule has 4 atom stereocenters. The van der Waals surface area contributed by atoms with Crippen molar-refractivity contribution in [2.75, 3.05) is 25.1 Å². The van der Waals surface area contributed by atoms with Crippen molar-refractivity contribution in [3.05, 3.63) is 35.9 Å². The van der Waals surface area contributed by atoms with Crippen LogP contribution in [0.2, 0.25) is 0 Å². The molecule has 11 heteroatoms. The van der Waals surface area contributed by atoms with Crippen LogP contribution in [0.1, 0.15) is 44.1 Å². The van der Waals surface area contributed by atoms with E-state index in [-0.39, 0.29) is 0 Å². The number of nitrogens with one attached hydrogen (secondary N) is 2. The molecule has 0 aliphatic carbocycles. The van der Waals surface area contributed by atoms with Gasteiger partial charge in [-0.15, -0.1) is 0 Å². The molecule has 7 N–H and O–H groups in total. The summed E-state index contributed by atoms with van der Waals surface area (Å²) < 4.78 is 0. The van der Waals surface area contributed by atoms with Gasteiger partial charge >= 0.3 is 5.97 Å². The molecule has 200 valence electrons. The Hall–Kier alpha value is -2.63. The molecule has 1 aromatic carbocycles. The van der Waals surface area contributed by atoms with Crippen LogP contribution in [0.4, 0.5) is 0 Å². The van der Waals surface area contributed by atoms with Crippen molar-refractivity contribution in [1.82, 2.24) is 15.5 Å². The number of carbonyl (C=O) groups is 4. The summed E-state index contributed by atoms with van der Waals surface area (Å²) in [7, 11) is 0. The number of hydrogen-bond acceptors (Lipinski definition) is 7. The monoisotopic (exact) mass is 521 g/mol. The minimum atomic E-state index is -1.05. The van der Waals surface area contributed by atoms with Gasteiger partial charge in [-0.1, -0.05) is 30.3 Å². The topological polar surface area (TPSA) is 168 Å². The molecule has 0 bridgehead atoms. The van der Waals surface area contributed by atoms with Crippen molar-refractivity contribution in [3.8, 4) is 0 Å². The Kier molecular flexibility index (Phi) is 12.7. The fourth-order valence-corrected chi connectivity index (χ4v) is 4.73. The van der Waals surface area contributed by atoms with Gasteiger partial charge < -0.3 is 32.1 Å².